The third-order valence-electron chi connectivity index (χ3n) is 6.17. The first-order valence-corrected chi connectivity index (χ1v) is 13.6. The van der Waals surface area contributed by atoms with Crippen LogP contribution in [0.5, 0.6) is 5.88 Å². The van der Waals surface area contributed by atoms with Crippen LogP contribution in [0.25, 0.3) is 0 Å². The average molecular weight is 538 g/mol. The van der Waals surface area contributed by atoms with Gasteiger partial charge in [0.1, 0.15) is 23.8 Å². The Morgan fingerprint density at radius 2 is 1.86 bits per heavy atom. The number of nitrogens with zero attached hydrogens (tertiary/aromatic N) is 4. The molecule has 0 spiro atoms. The van der Waals surface area contributed by atoms with Crippen LogP contribution in [0.3, 0.4) is 0 Å². The van der Waals surface area contributed by atoms with E-state index in [1.165, 1.54) is 6.07 Å². The lowest BCUT2D eigenvalue weighted by Crippen LogP contribution is -2.50. The minimum Gasteiger partial charge on any atom is -0.469 e. The zero-order chi connectivity index (χ0) is 27.1. The van der Waals surface area contributed by atoms with E-state index < -0.39 is 38.0 Å². The minimum absolute atomic E-state index is 0.125. The van der Waals surface area contributed by atoms with Crippen molar-refractivity contribution in [2.75, 3.05) is 11.6 Å². The van der Waals surface area contributed by atoms with Crippen LogP contribution >= 0.6 is 0 Å². The van der Waals surface area contributed by atoms with Gasteiger partial charge < -0.3 is 19.7 Å². The van der Waals surface area contributed by atoms with Crippen LogP contribution in [0.1, 0.15) is 46.5 Å². The Morgan fingerprint density at radius 3 is 2.41 bits per heavy atom. The van der Waals surface area contributed by atoms with Crippen molar-refractivity contribution in [3.8, 4) is 5.88 Å². The van der Waals surface area contributed by atoms with Crippen LogP contribution in [0.15, 0.2) is 29.4 Å². The summed E-state index contributed by atoms with van der Waals surface area (Å²) in [6, 6.07) is 2.90. The van der Waals surface area contributed by atoms with E-state index in [4.69, 9.17) is 9.47 Å². The molecule has 2 bridgehead atoms. The molecule has 0 saturated carbocycles. The van der Waals surface area contributed by atoms with E-state index in [9.17, 15) is 27.7 Å². The maximum atomic E-state index is 14.6. The second kappa shape index (κ2) is 9.72. The number of benzene rings is 1. The van der Waals surface area contributed by atoms with Gasteiger partial charge in [-0.2, -0.15) is 4.98 Å². The Bertz CT molecular complexity index is 1320. The molecule has 2 aliphatic rings. The fourth-order valence-electron chi connectivity index (χ4n) is 4.65. The van der Waals surface area contributed by atoms with E-state index in [2.05, 4.69) is 15.3 Å². The van der Waals surface area contributed by atoms with Gasteiger partial charge >= 0.3 is 11.8 Å². The van der Waals surface area contributed by atoms with Gasteiger partial charge in [-0.15, -0.1) is 0 Å². The molecule has 2 atom stereocenters. The fraction of sp³-hybridized carbons (Fsp3) is 0.522. The molecule has 2 aromatic rings. The summed E-state index contributed by atoms with van der Waals surface area (Å²) in [6.45, 7) is 5.40. The lowest BCUT2D eigenvalue weighted by Gasteiger charge is -2.39. The summed E-state index contributed by atoms with van der Waals surface area (Å²) in [5.74, 6) is -1.52. The molecular formula is C23H28FN5O7S. The number of halogens is 1. The topological polar surface area (TPSA) is 154 Å². The van der Waals surface area contributed by atoms with Crippen LogP contribution in [0.4, 0.5) is 26.4 Å². The van der Waals surface area contributed by atoms with Gasteiger partial charge in [0.2, 0.25) is 5.82 Å². The Balaban J connectivity index is 1.53. The number of fused-ring (bicyclic) bond motifs is 2. The van der Waals surface area contributed by atoms with Crippen molar-refractivity contribution in [2.45, 2.75) is 75.1 Å². The highest BCUT2D eigenvalue weighted by molar-refractivity contribution is 7.90. The van der Waals surface area contributed by atoms with E-state index in [1.807, 2.05) is 0 Å². The summed E-state index contributed by atoms with van der Waals surface area (Å²) in [5, 5.41) is 14.5. The van der Waals surface area contributed by atoms with Gasteiger partial charge in [0, 0.05) is 31.2 Å². The molecular weight excluding hydrogens is 509 g/mol. The Kier molecular flexibility index (Phi) is 6.97. The van der Waals surface area contributed by atoms with Gasteiger partial charge in [0.05, 0.1) is 15.5 Å². The Labute approximate surface area is 213 Å². The molecule has 2 aliphatic heterocycles. The smallest absolute Gasteiger partial charge is 0.410 e. The molecule has 200 valence electrons. The van der Waals surface area contributed by atoms with Crippen LogP contribution in [0.2, 0.25) is 0 Å². The number of hydrogen-bond donors (Lipinski definition) is 1. The predicted octanol–water partition coefficient (Wildman–Crippen LogP) is 3.98. The van der Waals surface area contributed by atoms with Crippen molar-refractivity contribution in [3.63, 3.8) is 0 Å². The molecule has 14 heteroatoms. The summed E-state index contributed by atoms with van der Waals surface area (Å²) in [7, 11) is -3.64. The molecule has 37 heavy (non-hydrogen) atoms. The number of amides is 1. The van der Waals surface area contributed by atoms with Gasteiger partial charge in [-0.3, -0.25) is 10.1 Å². The van der Waals surface area contributed by atoms with Gasteiger partial charge in [0.15, 0.2) is 9.84 Å². The van der Waals surface area contributed by atoms with Crippen LogP contribution < -0.4 is 10.1 Å². The highest BCUT2D eigenvalue weighted by Crippen LogP contribution is 2.40. The molecule has 0 radical (unpaired) electrons. The molecule has 1 aromatic carbocycles. The van der Waals surface area contributed by atoms with E-state index in [0.717, 1.165) is 37.6 Å². The summed E-state index contributed by atoms with van der Waals surface area (Å²) < 4.78 is 49.4. The van der Waals surface area contributed by atoms with E-state index in [1.54, 1.807) is 25.7 Å². The van der Waals surface area contributed by atoms with Crippen molar-refractivity contribution in [1.82, 2.24) is 14.9 Å². The summed E-state index contributed by atoms with van der Waals surface area (Å²) >= 11 is 0. The lowest BCUT2D eigenvalue weighted by molar-refractivity contribution is -0.385. The van der Waals surface area contributed by atoms with E-state index >= 15 is 0 Å². The molecule has 0 unspecified atom stereocenters. The Hall–Kier alpha value is -3.55. The molecule has 1 N–H and O–H groups in total. The first kappa shape index (κ1) is 26.5. The maximum Gasteiger partial charge on any atom is 0.410 e. The van der Waals surface area contributed by atoms with Gasteiger partial charge in [0.25, 0.3) is 5.88 Å². The standard InChI is InChI=1S/C23H28FN5O7S/c1-23(2,3)36-22(30)28-13-5-6-14(28)10-15(9-13)35-21-19(29(31)32)20(25-12-26-21)27-18-8-7-16(11-17(18)24)37(4,33)34/h7-8,11-15H,5-6,9-10H2,1-4H3,(H,25,26,27)/t13-,14-/m1/s1. The summed E-state index contributed by atoms with van der Waals surface area (Å²) in [6.07, 6.45) is 3.60. The lowest BCUT2D eigenvalue weighted by atomic mass is 10.0. The first-order chi connectivity index (χ1) is 17.2. The molecule has 1 aromatic heterocycles. The van der Waals surface area contributed by atoms with Gasteiger partial charge in [-0.05, 0) is 51.8 Å². The summed E-state index contributed by atoms with van der Waals surface area (Å²) in [4.78, 5) is 33.2. The number of nitrogens with one attached hydrogen (secondary N) is 1. The third kappa shape index (κ3) is 5.89. The van der Waals surface area contributed by atoms with E-state index in [-0.39, 0.29) is 40.5 Å². The van der Waals surface area contributed by atoms with Crippen molar-refractivity contribution in [3.05, 3.63) is 40.5 Å². The monoisotopic (exact) mass is 537 g/mol. The second-order valence-corrected chi connectivity index (χ2v) is 12.2. The SMILES string of the molecule is CC(C)(C)OC(=O)N1[C@@H]2CC[C@@H]1CC(Oc1ncnc(Nc3ccc(S(C)(=O)=O)cc3F)c1[N+](=O)[O-])C2. The molecule has 3 heterocycles. The van der Waals surface area contributed by atoms with Crippen LogP contribution in [-0.2, 0) is 14.6 Å². The number of rotatable bonds is 6. The maximum absolute atomic E-state index is 14.6. The fourth-order valence-corrected chi connectivity index (χ4v) is 5.29. The average Bonchev–Trinajstić information content (AvgIpc) is 3.04. The molecule has 1 amide bonds. The van der Waals surface area contributed by atoms with Crippen LogP contribution in [-0.4, -0.2) is 64.3 Å². The molecule has 4 rings (SSSR count). The number of aromatic nitrogens is 2. The highest BCUT2D eigenvalue weighted by Gasteiger charge is 2.46. The zero-order valence-corrected chi connectivity index (χ0v) is 21.6. The zero-order valence-electron chi connectivity index (χ0n) is 20.8. The quantitative estimate of drug-likeness (QED) is 0.423. The van der Waals surface area contributed by atoms with Crippen molar-refractivity contribution < 1.29 is 32.0 Å². The second-order valence-electron chi connectivity index (χ2n) is 10.2. The number of sulfone groups is 1. The molecule has 2 saturated heterocycles. The minimum atomic E-state index is -3.64. The molecule has 12 nitrogen and oxygen atoms in total. The van der Waals surface area contributed by atoms with Gasteiger partial charge in [-0.25, -0.2) is 22.6 Å². The number of piperidine rings is 1. The normalized spacial score (nSPS) is 21.4. The number of nitro groups is 1. The predicted molar refractivity (Wildman–Crippen MR) is 130 cm³/mol. The Morgan fingerprint density at radius 1 is 1.22 bits per heavy atom. The number of hydrogen-bond acceptors (Lipinski definition) is 10. The number of anilines is 2. The van der Waals surface area contributed by atoms with Crippen LogP contribution in [0, 0.1) is 15.9 Å². The number of carbonyl (C=O) groups is 1. The van der Waals surface area contributed by atoms with Crippen molar-refractivity contribution >= 4 is 33.1 Å². The number of ether oxygens (including phenoxy) is 2. The first-order valence-electron chi connectivity index (χ1n) is 11.7. The molecule has 0 aliphatic carbocycles. The van der Waals surface area contributed by atoms with Gasteiger partial charge in [-0.1, -0.05) is 0 Å². The summed E-state index contributed by atoms with van der Waals surface area (Å²) in [5.41, 5.74) is -1.42. The highest BCUT2D eigenvalue weighted by atomic mass is 32.2. The van der Waals surface area contributed by atoms with Crippen molar-refractivity contribution in [2.24, 2.45) is 0 Å². The largest absolute Gasteiger partial charge is 0.469 e. The van der Waals surface area contributed by atoms with E-state index in [0.29, 0.717) is 12.8 Å². The molecule has 2 fully saturated rings. The number of carbonyl (C=O) groups excluding carboxylic acids is 1. The third-order valence-corrected chi connectivity index (χ3v) is 7.28. The van der Waals surface area contributed by atoms with Crippen molar-refractivity contribution in [1.29, 1.82) is 0 Å².